The van der Waals surface area contributed by atoms with Crippen LogP contribution in [0.25, 0.3) is 10.6 Å². The van der Waals surface area contributed by atoms with E-state index in [1.807, 2.05) is 0 Å². The van der Waals surface area contributed by atoms with Gasteiger partial charge in [0.1, 0.15) is 17.0 Å². The molecule has 0 bridgehead atoms. The Morgan fingerprint density at radius 2 is 2.37 bits per heavy atom. The Morgan fingerprint density at radius 3 is 3.00 bits per heavy atom. The number of furan rings is 1. The first kappa shape index (κ1) is 13.6. The number of rotatable bonds is 5. The van der Waals surface area contributed by atoms with Gasteiger partial charge in [0.2, 0.25) is 0 Å². The van der Waals surface area contributed by atoms with Crippen LogP contribution in [0.3, 0.4) is 0 Å². The van der Waals surface area contributed by atoms with Crippen LogP contribution in [0.1, 0.15) is 10.5 Å². The predicted octanol–water partition coefficient (Wildman–Crippen LogP) is 1.73. The fourth-order valence-corrected chi connectivity index (χ4v) is 2.06. The number of alkyl halides is 2. The van der Waals surface area contributed by atoms with Crippen LogP contribution in [-0.2, 0) is 0 Å². The highest BCUT2D eigenvalue weighted by molar-refractivity contribution is 7.13. The van der Waals surface area contributed by atoms with Gasteiger partial charge in [-0.2, -0.15) is 0 Å². The van der Waals surface area contributed by atoms with Crippen LogP contribution in [0, 0.1) is 0 Å². The first-order chi connectivity index (χ1) is 9.02. The zero-order valence-corrected chi connectivity index (χ0v) is 10.5. The molecule has 1 amide bonds. The van der Waals surface area contributed by atoms with Gasteiger partial charge in [-0.1, -0.05) is 0 Å². The average molecular weight is 287 g/mol. The molecule has 0 aliphatic carbocycles. The maximum Gasteiger partial charge on any atom is 0.277 e. The molecule has 2 heterocycles. The molecule has 0 aliphatic rings. The maximum atomic E-state index is 12.9. The molecule has 102 valence electrons. The average Bonchev–Trinajstić information content (AvgIpc) is 3.05. The van der Waals surface area contributed by atoms with E-state index >= 15 is 0 Å². The number of hydrogen-bond acceptors (Lipinski definition) is 5. The summed E-state index contributed by atoms with van der Waals surface area (Å²) in [7, 11) is 0. The highest BCUT2D eigenvalue weighted by Gasteiger charge is 2.27. The number of carbonyl (C=O) groups is 1. The van der Waals surface area contributed by atoms with E-state index in [0.29, 0.717) is 5.01 Å². The van der Waals surface area contributed by atoms with Crippen molar-refractivity contribution in [2.75, 3.05) is 13.1 Å². The lowest BCUT2D eigenvalue weighted by molar-refractivity contribution is 0.0118. The maximum absolute atomic E-state index is 12.9. The van der Waals surface area contributed by atoms with Crippen LogP contribution in [0.15, 0.2) is 28.4 Å². The Balaban J connectivity index is 2.01. The molecular weight excluding hydrogens is 276 g/mol. The molecule has 2 aromatic rings. The van der Waals surface area contributed by atoms with E-state index < -0.39 is 24.9 Å². The summed E-state index contributed by atoms with van der Waals surface area (Å²) in [4.78, 5) is 15.7. The van der Waals surface area contributed by atoms with Gasteiger partial charge in [0.25, 0.3) is 11.8 Å². The summed E-state index contributed by atoms with van der Waals surface area (Å²) in [6, 6.07) is 1.70. The molecule has 8 heteroatoms. The zero-order chi connectivity index (χ0) is 13.9. The number of nitrogens with one attached hydrogen (secondary N) is 1. The second-order valence-electron chi connectivity index (χ2n) is 3.79. The molecule has 0 radical (unpaired) electrons. The molecule has 0 unspecified atom stereocenters. The van der Waals surface area contributed by atoms with Gasteiger partial charge in [-0.05, 0) is 6.07 Å². The minimum absolute atomic E-state index is 0.0917. The summed E-state index contributed by atoms with van der Waals surface area (Å²) in [5, 5.41) is 4.19. The summed E-state index contributed by atoms with van der Waals surface area (Å²) < 4.78 is 30.7. The smallest absolute Gasteiger partial charge is 0.277 e. The van der Waals surface area contributed by atoms with E-state index in [2.05, 4.69) is 10.3 Å². The van der Waals surface area contributed by atoms with Crippen molar-refractivity contribution in [3.8, 4) is 10.6 Å². The Morgan fingerprint density at radius 1 is 1.58 bits per heavy atom. The molecule has 5 nitrogen and oxygen atoms in total. The largest absolute Gasteiger partial charge is 0.472 e. The lowest BCUT2D eigenvalue weighted by Crippen LogP contribution is -2.41. The van der Waals surface area contributed by atoms with Crippen LogP contribution in [-0.4, -0.2) is 29.9 Å². The predicted molar refractivity (Wildman–Crippen MR) is 66.2 cm³/mol. The van der Waals surface area contributed by atoms with Crippen molar-refractivity contribution in [3.63, 3.8) is 0 Å². The molecule has 0 saturated carbocycles. The molecular formula is C11H11F2N3O2S. The number of amides is 1. The van der Waals surface area contributed by atoms with Crippen molar-refractivity contribution in [1.82, 2.24) is 10.3 Å². The van der Waals surface area contributed by atoms with E-state index in [4.69, 9.17) is 10.2 Å². The Bertz CT molecular complexity index is 554. The molecule has 0 fully saturated rings. The molecule has 2 rings (SSSR count). The van der Waals surface area contributed by atoms with Gasteiger partial charge in [0.15, 0.2) is 0 Å². The summed E-state index contributed by atoms with van der Waals surface area (Å²) in [6.45, 7) is -1.62. The van der Waals surface area contributed by atoms with Crippen LogP contribution in [0.4, 0.5) is 8.78 Å². The van der Waals surface area contributed by atoms with Crippen LogP contribution >= 0.6 is 11.3 Å². The van der Waals surface area contributed by atoms with Crippen LogP contribution < -0.4 is 11.1 Å². The van der Waals surface area contributed by atoms with E-state index in [9.17, 15) is 13.6 Å². The van der Waals surface area contributed by atoms with Gasteiger partial charge in [-0.3, -0.25) is 4.79 Å². The fourth-order valence-electron chi connectivity index (χ4n) is 1.27. The highest BCUT2D eigenvalue weighted by atomic mass is 32.1. The van der Waals surface area contributed by atoms with Crippen molar-refractivity contribution >= 4 is 17.2 Å². The van der Waals surface area contributed by atoms with Gasteiger partial charge in [0, 0.05) is 10.9 Å². The van der Waals surface area contributed by atoms with Gasteiger partial charge in [-0.25, -0.2) is 13.8 Å². The monoisotopic (exact) mass is 287 g/mol. The number of aromatic nitrogens is 1. The number of nitrogens with zero attached hydrogens (tertiary/aromatic N) is 1. The van der Waals surface area contributed by atoms with Gasteiger partial charge in [-0.15, -0.1) is 11.3 Å². The van der Waals surface area contributed by atoms with Crippen molar-refractivity contribution in [3.05, 3.63) is 29.7 Å². The summed E-state index contributed by atoms with van der Waals surface area (Å²) in [5.74, 6) is -3.77. The first-order valence-electron chi connectivity index (χ1n) is 5.36. The van der Waals surface area contributed by atoms with E-state index in [1.165, 1.54) is 29.2 Å². The normalized spacial score (nSPS) is 11.5. The van der Waals surface area contributed by atoms with Crippen molar-refractivity contribution in [2.45, 2.75) is 5.92 Å². The zero-order valence-electron chi connectivity index (χ0n) is 9.73. The standard InChI is InChI=1S/C11H11F2N3O2S/c12-11(13,5-14)6-15-9(17)8-4-19-10(16-8)7-1-2-18-3-7/h1-4H,5-6,14H2,(H,15,17). The van der Waals surface area contributed by atoms with E-state index in [0.717, 1.165) is 5.56 Å². The summed E-state index contributed by atoms with van der Waals surface area (Å²) in [5.41, 5.74) is 5.70. The highest BCUT2D eigenvalue weighted by Crippen LogP contribution is 2.23. The number of hydrogen-bond donors (Lipinski definition) is 2. The Hall–Kier alpha value is -1.80. The van der Waals surface area contributed by atoms with Crippen LogP contribution in [0.2, 0.25) is 0 Å². The van der Waals surface area contributed by atoms with E-state index in [1.54, 1.807) is 6.07 Å². The quantitative estimate of drug-likeness (QED) is 0.877. The lowest BCUT2D eigenvalue weighted by atomic mass is 10.3. The third-order valence-electron chi connectivity index (χ3n) is 2.31. The second kappa shape index (κ2) is 5.45. The molecule has 0 spiro atoms. The number of nitrogens with two attached hydrogens (primary N) is 1. The van der Waals surface area contributed by atoms with Gasteiger partial charge in [0.05, 0.1) is 19.4 Å². The number of halogens is 2. The van der Waals surface area contributed by atoms with Crippen molar-refractivity contribution in [2.24, 2.45) is 5.73 Å². The molecule has 0 saturated heterocycles. The van der Waals surface area contributed by atoms with Crippen molar-refractivity contribution in [1.29, 1.82) is 0 Å². The van der Waals surface area contributed by atoms with Crippen molar-refractivity contribution < 1.29 is 18.0 Å². The molecule has 0 aliphatic heterocycles. The SMILES string of the molecule is NCC(F)(F)CNC(=O)c1csc(-c2ccoc2)n1. The molecule has 0 aromatic carbocycles. The Kier molecular flexibility index (Phi) is 3.91. The molecule has 2 aromatic heterocycles. The third kappa shape index (κ3) is 3.36. The number of carbonyl (C=O) groups excluding carboxylic acids is 1. The molecule has 0 atom stereocenters. The number of thiazole rings is 1. The Labute approximate surface area is 111 Å². The summed E-state index contributed by atoms with van der Waals surface area (Å²) >= 11 is 1.23. The minimum Gasteiger partial charge on any atom is -0.472 e. The molecule has 3 N–H and O–H groups in total. The fraction of sp³-hybridized carbons (Fsp3) is 0.273. The third-order valence-corrected chi connectivity index (χ3v) is 3.20. The lowest BCUT2D eigenvalue weighted by Gasteiger charge is -2.13. The topological polar surface area (TPSA) is 81.1 Å². The van der Waals surface area contributed by atoms with Crippen LogP contribution in [0.5, 0.6) is 0 Å². The van der Waals surface area contributed by atoms with E-state index in [-0.39, 0.29) is 5.69 Å². The molecule has 19 heavy (non-hydrogen) atoms. The summed E-state index contributed by atoms with van der Waals surface area (Å²) in [6.07, 6.45) is 2.97. The van der Waals surface area contributed by atoms with Gasteiger partial charge >= 0.3 is 0 Å². The van der Waals surface area contributed by atoms with Gasteiger partial charge < -0.3 is 15.5 Å². The first-order valence-corrected chi connectivity index (χ1v) is 6.24. The minimum atomic E-state index is -3.11. The second-order valence-corrected chi connectivity index (χ2v) is 4.65.